The second kappa shape index (κ2) is 5.98. The number of fused-ring (bicyclic) bond motifs is 1. The lowest BCUT2D eigenvalue weighted by Crippen LogP contribution is -2.31. The van der Waals surface area contributed by atoms with Gasteiger partial charge in [-0.15, -0.1) is 11.6 Å². The minimum atomic E-state index is -0.232. The average molecular weight is 271 g/mol. The second-order valence-electron chi connectivity index (χ2n) is 6.18. The quantitative estimate of drug-likeness (QED) is 0.439. The van der Waals surface area contributed by atoms with Crippen molar-refractivity contribution in [3.05, 3.63) is 11.6 Å². The summed E-state index contributed by atoms with van der Waals surface area (Å²) >= 11 is 6.40. The van der Waals surface area contributed by atoms with Crippen molar-refractivity contribution in [2.24, 2.45) is 11.8 Å². The largest absolute Gasteiger partial charge is 0.476 e. The zero-order valence-corrected chi connectivity index (χ0v) is 12.6. The highest BCUT2D eigenvalue weighted by Gasteiger charge is 2.46. The lowest BCUT2D eigenvalue weighted by atomic mass is 9.80. The predicted molar refractivity (Wildman–Crippen MR) is 76.8 cm³/mol. The zero-order valence-electron chi connectivity index (χ0n) is 11.9. The minimum Gasteiger partial charge on any atom is -0.404 e. The first-order valence-corrected chi connectivity index (χ1v) is 7.57. The smallest absolute Gasteiger partial charge is 0.404 e. The Hall–Kier alpha value is 0.0149. The molecule has 1 saturated heterocycles. The van der Waals surface area contributed by atoms with E-state index in [0.29, 0.717) is 11.8 Å². The molecule has 0 aromatic heterocycles. The van der Waals surface area contributed by atoms with Crippen LogP contribution in [0.5, 0.6) is 0 Å². The summed E-state index contributed by atoms with van der Waals surface area (Å²) in [5, 5.41) is -0.0380. The molecule has 18 heavy (non-hydrogen) atoms. The number of hydrogen-bond donors (Lipinski definition) is 0. The lowest BCUT2D eigenvalue weighted by molar-refractivity contribution is 0.157. The highest BCUT2D eigenvalue weighted by molar-refractivity contribution is 6.59. The number of hydrogen-bond acceptors (Lipinski definition) is 2. The minimum absolute atomic E-state index is 0.0380. The van der Waals surface area contributed by atoms with Crippen molar-refractivity contribution in [2.75, 3.05) is 0 Å². The van der Waals surface area contributed by atoms with Crippen molar-refractivity contribution in [1.29, 1.82) is 0 Å². The molecule has 0 saturated carbocycles. The van der Waals surface area contributed by atoms with Gasteiger partial charge in [0, 0.05) is 0 Å². The van der Waals surface area contributed by atoms with Crippen LogP contribution in [0.2, 0.25) is 0 Å². The molecule has 0 radical (unpaired) electrons. The van der Waals surface area contributed by atoms with Crippen LogP contribution in [0.4, 0.5) is 0 Å². The average Bonchev–Trinajstić information content (AvgIpc) is 2.70. The third-order valence-corrected chi connectivity index (χ3v) is 4.13. The molecule has 102 valence electrons. The summed E-state index contributed by atoms with van der Waals surface area (Å²) in [6.07, 6.45) is 5.77. The molecular weight excluding hydrogens is 246 g/mol. The van der Waals surface area contributed by atoms with Gasteiger partial charge in [-0.1, -0.05) is 33.8 Å². The topological polar surface area (TPSA) is 18.5 Å². The van der Waals surface area contributed by atoms with Crippen LogP contribution in [0.15, 0.2) is 11.6 Å². The van der Waals surface area contributed by atoms with E-state index in [-0.39, 0.29) is 24.6 Å². The molecule has 0 aromatic carbocycles. The standard InChI is InChI=1S/C14H24BClO2/c1-9(2)8-13(16)15-17-12-7-5-6-11(10(3)4)14(12)18-15/h6,9-10,12-14H,5,7-8H2,1-4H3/t12-,13-,14+/m1/s1. The maximum Gasteiger partial charge on any atom is 0.476 e. The Bertz CT molecular complexity index is 317. The van der Waals surface area contributed by atoms with Gasteiger partial charge in [0.2, 0.25) is 0 Å². The van der Waals surface area contributed by atoms with E-state index < -0.39 is 0 Å². The summed E-state index contributed by atoms with van der Waals surface area (Å²) < 4.78 is 12.1. The molecule has 1 fully saturated rings. The summed E-state index contributed by atoms with van der Waals surface area (Å²) in [6.45, 7) is 8.79. The molecule has 0 unspecified atom stereocenters. The first-order chi connectivity index (χ1) is 8.49. The molecule has 0 N–H and O–H groups in total. The van der Waals surface area contributed by atoms with Gasteiger partial charge in [0.25, 0.3) is 0 Å². The molecule has 2 rings (SSSR count). The molecule has 2 nitrogen and oxygen atoms in total. The van der Waals surface area contributed by atoms with Crippen molar-refractivity contribution in [3.63, 3.8) is 0 Å². The molecule has 0 bridgehead atoms. The SMILES string of the molecule is CC(C)C[C@@H](Cl)B1O[C@@H]2CCC=C(C(C)C)[C@@H]2O1. The molecule has 3 atom stereocenters. The molecule has 1 aliphatic carbocycles. The third kappa shape index (κ3) is 3.12. The van der Waals surface area contributed by atoms with Crippen LogP contribution in [-0.2, 0) is 9.31 Å². The van der Waals surface area contributed by atoms with Gasteiger partial charge < -0.3 is 9.31 Å². The fraction of sp³-hybridized carbons (Fsp3) is 0.857. The Morgan fingerprint density at radius 2 is 2.06 bits per heavy atom. The molecule has 4 heteroatoms. The van der Waals surface area contributed by atoms with Gasteiger partial charge in [0.1, 0.15) is 0 Å². The van der Waals surface area contributed by atoms with E-state index in [1.165, 1.54) is 5.57 Å². The van der Waals surface area contributed by atoms with E-state index in [9.17, 15) is 0 Å². The number of halogens is 1. The van der Waals surface area contributed by atoms with Gasteiger partial charge >= 0.3 is 7.12 Å². The maximum absolute atomic E-state index is 6.40. The summed E-state index contributed by atoms with van der Waals surface area (Å²) in [5.41, 5.74) is 1.39. The van der Waals surface area contributed by atoms with Crippen molar-refractivity contribution in [3.8, 4) is 0 Å². The van der Waals surface area contributed by atoms with E-state index in [1.54, 1.807) is 0 Å². The van der Waals surface area contributed by atoms with Gasteiger partial charge in [-0.25, -0.2) is 0 Å². The molecule has 0 amide bonds. The molecule has 0 spiro atoms. The van der Waals surface area contributed by atoms with Crippen LogP contribution < -0.4 is 0 Å². The van der Waals surface area contributed by atoms with E-state index in [2.05, 4.69) is 33.8 Å². The van der Waals surface area contributed by atoms with Crippen LogP contribution in [0, 0.1) is 11.8 Å². The Labute approximate surface area is 116 Å². The zero-order chi connectivity index (χ0) is 13.3. The van der Waals surface area contributed by atoms with Crippen molar-refractivity contribution < 1.29 is 9.31 Å². The number of alkyl halides is 1. The highest BCUT2D eigenvalue weighted by atomic mass is 35.5. The van der Waals surface area contributed by atoms with E-state index in [0.717, 1.165) is 19.3 Å². The highest BCUT2D eigenvalue weighted by Crippen LogP contribution is 2.36. The fourth-order valence-electron chi connectivity index (χ4n) is 2.85. The summed E-state index contributed by atoms with van der Waals surface area (Å²) in [6, 6.07) is 0. The first kappa shape index (κ1) is 14.4. The summed E-state index contributed by atoms with van der Waals surface area (Å²) in [5.74, 6) is 1.10. The number of allylic oxidation sites excluding steroid dienone is 1. The Balaban J connectivity index is 2.00. The monoisotopic (exact) mass is 270 g/mol. The van der Waals surface area contributed by atoms with E-state index >= 15 is 0 Å². The summed E-state index contributed by atoms with van der Waals surface area (Å²) in [4.78, 5) is 0. The van der Waals surface area contributed by atoms with Crippen molar-refractivity contribution >= 4 is 18.7 Å². The third-order valence-electron chi connectivity index (χ3n) is 3.75. The molecule has 1 heterocycles. The van der Waals surface area contributed by atoms with Gasteiger partial charge in [0.15, 0.2) is 0 Å². The maximum atomic E-state index is 6.40. The van der Waals surface area contributed by atoms with Crippen LogP contribution in [0.3, 0.4) is 0 Å². The van der Waals surface area contributed by atoms with Crippen LogP contribution in [0.25, 0.3) is 0 Å². The molecular formula is C14H24BClO2. The Kier molecular flexibility index (Phi) is 4.79. The lowest BCUT2D eigenvalue weighted by Gasteiger charge is -2.27. The van der Waals surface area contributed by atoms with Gasteiger partial charge in [-0.05, 0) is 36.7 Å². The van der Waals surface area contributed by atoms with Crippen molar-refractivity contribution in [1.82, 2.24) is 0 Å². The molecule has 1 aliphatic heterocycles. The molecule has 0 aromatic rings. The second-order valence-corrected chi connectivity index (χ2v) is 6.74. The fourth-order valence-corrected chi connectivity index (χ4v) is 3.32. The van der Waals surface area contributed by atoms with E-state index in [4.69, 9.17) is 20.9 Å². The normalized spacial score (nSPS) is 29.7. The molecule has 2 aliphatic rings. The first-order valence-electron chi connectivity index (χ1n) is 7.14. The van der Waals surface area contributed by atoms with E-state index in [1.807, 2.05) is 0 Å². The van der Waals surface area contributed by atoms with Gasteiger partial charge in [-0.2, -0.15) is 0 Å². The van der Waals surface area contributed by atoms with Crippen LogP contribution in [0.1, 0.15) is 47.0 Å². The Morgan fingerprint density at radius 1 is 1.33 bits per heavy atom. The van der Waals surface area contributed by atoms with Crippen LogP contribution >= 0.6 is 11.6 Å². The Morgan fingerprint density at radius 3 is 2.67 bits per heavy atom. The predicted octanol–water partition coefficient (Wildman–Crippen LogP) is 3.83. The number of rotatable bonds is 4. The van der Waals surface area contributed by atoms with Gasteiger partial charge in [-0.3, -0.25) is 0 Å². The van der Waals surface area contributed by atoms with Gasteiger partial charge in [0.05, 0.1) is 17.5 Å². The summed E-state index contributed by atoms with van der Waals surface area (Å²) in [7, 11) is -0.232. The van der Waals surface area contributed by atoms with Crippen molar-refractivity contribution in [2.45, 2.75) is 64.4 Å². The van der Waals surface area contributed by atoms with Crippen LogP contribution in [-0.4, -0.2) is 24.6 Å².